The Bertz CT molecular complexity index is 716. The van der Waals surface area contributed by atoms with Crippen LogP contribution >= 0.6 is 11.7 Å². The first-order chi connectivity index (χ1) is 11.8. The second-order valence-corrected chi connectivity index (χ2v) is 6.66. The number of hydrogen-bond donors (Lipinski definition) is 1. The minimum Gasteiger partial charge on any atom is -0.349 e. The van der Waals surface area contributed by atoms with E-state index in [0.29, 0.717) is 25.4 Å². The SMILES string of the molecule is O=C(CN1CCCCC1C1OCCO1)Nc1cccc2nsnc12. The molecule has 1 aromatic carbocycles. The summed E-state index contributed by atoms with van der Waals surface area (Å²) in [6.45, 7) is 2.51. The summed E-state index contributed by atoms with van der Waals surface area (Å²) in [7, 11) is 0. The highest BCUT2D eigenvalue weighted by Crippen LogP contribution is 2.25. The van der Waals surface area contributed by atoms with Gasteiger partial charge in [-0.05, 0) is 31.5 Å². The summed E-state index contributed by atoms with van der Waals surface area (Å²) in [6.07, 6.45) is 3.05. The highest BCUT2D eigenvalue weighted by molar-refractivity contribution is 7.00. The van der Waals surface area contributed by atoms with Crippen LogP contribution in [-0.2, 0) is 14.3 Å². The van der Waals surface area contributed by atoms with Gasteiger partial charge in [0.1, 0.15) is 11.0 Å². The molecule has 128 valence electrons. The number of fused-ring (bicyclic) bond motifs is 1. The van der Waals surface area contributed by atoms with E-state index in [1.54, 1.807) is 0 Å². The molecule has 8 heteroatoms. The minimum absolute atomic E-state index is 0.0413. The molecule has 4 rings (SSSR count). The van der Waals surface area contributed by atoms with Gasteiger partial charge in [0.2, 0.25) is 5.91 Å². The Labute approximate surface area is 144 Å². The molecule has 24 heavy (non-hydrogen) atoms. The number of hydrogen-bond acceptors (Lipinski definition) is 7. The van der Waals surface area contributed by atoms with Gasteiger partial charge in [0.25, 0.3) is 0 Å². The summed E-state index contributed by atoms with van der Waals surface area (Å²) in [4.78, 5) is 14.7. The minimum atomic E-state index is -0.204. The van der Waals surface area contributed by atoms with E-state index in [9.17, 15) is 4.79 Å². The van der Waals surface area contributed by atoms with Crippen molar-refractivity contribution in [2.24, 2.45) is 0 Å². The molecule has 1 unspecified atom stereocenters. The van der Waals surface area contributed by atoms with Crippen LogP contribution in [0.4, 0.5) is 5.69 Å². The lowest BCUT2D eigenvalue weighted by molar-refractivity contribution is -0.127. The van der Waals surface area contributed by atoms with E-state index in [4.69, 9.17) is 9.47 Å². The summed E-state index contributed by atoms with van der Waals surface area (Å²) in [5.41, 5.74) is 2.27. The van der Waals surface area contributed by atoms with E-state index in [1.165, 1.54) is 0 Å². The molecule has 2 saturated heterocycles. The van der Waals surface area contributed by atoms with Gasteiger partial charge in [-0.2, -0.15) is 8.75 Å². The van der Waals surface area contributed by atoms with Crippen molar-refractivity contribution >= 4 is 34.4 Å². The number of aromatic nitrogens is 2. The smallest absolute Gasteiger partial charge is 0.238 e. The Hall–Kier alpha value is -1.61. The first-order valence-electron chi connectivity index (χ1n) is 8.30. The van der Waals surface area contributed by atoms with Crippen LogP contribution in [0.2, 0.25) is 0 Å². The van der Waals surface area contributed by atoms with Gasteiger partial charge in [0, 0.05) is 0 Å². The maximum absolute atomic E-state index is 12.5. The molecule has 0 saturated carbocycles. The number of amides is 1. The van der Waals surface area contributed by atoms with Crippen LogP contribution < -0.4 is 5.32 Å². The number of benzene rings is 1. The van der Waals surface area contributed by atoms with Crippen LogP contribution in [0.15, 0.2) is 18.2 Å². The first kappa shape index (κ1) is 15.9. The molecule has 0 spiro atoms. The predicted molar refractivity (Wildman–Crippen MR) is 90.9 cm³/mol. The molecular formula is C16H20N4O3S. The molecule has 1 aromatic heterocycles. The summed E-state index contributed by atoms with van der Waals surface area (Å²) in [5.74, 6) is -0.0413. The van der Waals surface area contributed by atoms with Crippen molar-refractivity contribution in [2.45, 2.75) is 31.6 Å². The highest BCUT2D eigenvalue weighted by atomic mass is 32.1. The molecule has 1 atom stereocenters. The lowest BCUT2D eigenvalue weighted by atomic mass is 10.0. The second kappa shape index (κ2) is 7.10. The van der Waals surface area contributed by atoms with Crippen molar-refractivity contribution in [2.75, 3.05) is 31.6 Å². The number of ether oxygens (including phenoxy) is 2. The zero-order valence-corrected chi connectivity index (χ0v) is 14.1. The molecule has 2 aromatic rings. The van der Waals surface area contributed by atoms with Crippen molar-refractivity contribution in [1.82, 2.24) is 13.6 Å². The fraction of sp³-hybridized carbons (Fsp3) is 0.562. The fourth-order valence-electron chi connectivity index (χ4n) is 3.40. The van der Waals surface area contributed by atoms with Gasteiger partial charge in [-0.25, -0.2) is 0 Å². The summed E-state index contributed by atoms with van der Waals surface area (Å²) in [6, 6.07) is 5.79. The Morgan fingerprint density at radius 3 is 3.04 bits per heavy atom. The Morgan fingerprint density at radius 1 is 1.29 bits per heavy atom. The molecule has 1 amide bonds. The average Bonchev–Trinajstić information content (AvgIpc) is 3.27. The van der Waals surface area contributed by atoms with Gasteiger partial charge in [0.15, 0.2) is 6.29 Å². The van der Waals surface area contributed by atoms with Gasteiger partial charge < -0.3 is 14.8 Å². The average molecular weight is 348 g/mol. The lowest BCUT2D eigenvalue weighted by Crippen LogP contribution is -2.50. The first-order valence-corrected chi connectivity index (χ1v) is 9.03. The quantitative estimate of drug-likeness (QED) is 0.909. The zero-order chi connectivity index (χ0) is 16.4. The monoisotopic (exact) mass is 348 g/mol. The van der Waals surface area contributed by atoms with E-state index in [-0.39, 0.29) is 18.2 Å². The third-order valence-electron chi connectivity index (χ3n) is 4.53. The Balaban J connectivity index is 1.43. The standard InChI is InChI=1S/C16H20N4O3S/c21-14(17-11-4-3-5-12-15(11)19-24-18-12)10-20-7-2-1-6-13(20)16-22-8-9-23-16/h3-5,13,16H,1-2,6-10H2,(H,17,21). The number of carbonyl (C=O) groups excluding carboxylic acids is 1. The van der Waals surface area contributed by atoms with E-state index < -0.39 is 0 Å². The summed E-state index contributed by atoms with van der Waals surface area (Å²) in [5, 5.41) is 2.97. The third kappa shape index (κ3) is 3.27. The van der Waals surface area contributed by atoms with E-state index in [1.807, 2.05) is 18.2 Å². The lowest BCUT2D eigenvalue weighted by Gasteiger charge is -2.37. The van der Waals surface area contributed by atoms with E-state index >= 15 is 0 Å². The topological polar surface area (TPSA) is 76.6 Å². The normalized spacial score (nSPS) is 22.9. The van der Waals surface area contributed by atoms with Gasteiger partial charge in [0.05, 0.1) is 43.2 Å². The number of carbonyl (C=O) groups is 1. The van der Waals surface area contributed by atoms with Crippen LogP contribution in [0.25, 0.3) is 11.0 Å². The van der Waals surface area contributed by atoms with E-state index in [0.717, 1.165) is 48.6 Å². The number of nitrogens with zero attached hydrogens (tertiary/aromatic N) is 3. The maximum atomic E-state index is 12.5. The van der Waals surface area contributed by atoms with Crippen LogP contribution in [0.3, 0.4) is 0 Å². The molecule has 0 radical (unpaired) electrons. The molecule has 0 bridgehead atoms. The molecule has 3 heterocycles. The molecular weight excluding hydrogens is 328 g/mol. The van der Waals surface area contributed by atoms with Gasteiger partial charge >= 0.3 is 0 Å². The number of nitrogens with one attached hydrogen (secondary N) is 1. The number of anilines is 1. The number of piperidine rings is 1. The number of likely N-dealkylation sites (tertiary alicyclic amines) is 1. The molecule has 1 N–H and O–H groups in total. The predicted octanol–water partition coefficient (Wildman–Crippen LogP) is 1.86. The zero-order valence-electron chi connectivity index (χ0n) is 13.3. The molecule has 0 aliphatic carbocycles. The summed E-state index contributed by atoms with van der Waals surface area (Å²) < 4.78 is 19.8. The maximum Gasteiger partial charge on any atom is 0.238 e. The van der Waals surface area contributed by atoms with Gasteiger partial charge in [-0.3, -0.25) is 9.69 Å². The van der Waals surface area contributed by atoms with Crippen LogP contribution in [0, 0.1) is 0 Å². The highest BCUT2D eigenvalue weighted by Gasteiger charge is 2.34. The van der Waals surface area contributed by atoms with Crippen LogP contribution in [0.1, 0.15) is 19.3 Å². The molecule has 2 fully saturated rings. The Kier molecular flexibility index (Phi) is 4.70. The third-order valence-corrected chi connectivity index (χ3v) is 5.08. The van der Waals surface area contributed by atoms with Crippen molar-refractivity contribution in [3.8, 4) is 0 Å². The van der Waals surface area contributed by atoms with Crippen molar-refractivity contribution in [3.05, 3.63) is 18.2 Å². The van der Waals surface area contributed by atoms with Gasteiger partial charge in [-0.15, -0.1) is 0 Å². The van der Waals surface area contributed by atoms with E-state index in [2.05, 4.69) is 19.0 Å². The fourth-order valence-corrected chi connectivity index (χ4v) is 3.95. The second-order valence-electron chi connectivity index (χ2n) is 6.13. The molecule has 2 aliphatic rings. The number of rotatable bonds is 4. The van der Waals surface area contributed by atoms with Crippen LogP contribution in [0.5, 0.6) is 0 Å². The Morgan fingerprint density at radius 2 is 2.17 bits per heavy atom. The molecule has 7 nitrogen and oxygen atoms in total. The van der Waals surface area contributed by atoms with Crippen molar-refractivity contribution in [1.29, 1.82) is 0 Å². The van der Waals surface area contributed by atoms with Crippen LogP contribution in [-0.4, -0.2) is 58.2 Å². The van der Waals surface area contributed by atoms with Crippen molar-refractivity contribution < 1.29 is 14.3 Å². The molecule has 2 aliphatic heterocycles. The largest absolute Gasteiger partial charge is 0.349 e. The van der Waals surface area contributed by atoms with Crippen molar-refractivity contribution in [3.63, 3.8) is 0 Å². The summed E-state index contributed by atoms with van der Waals surface area (Å²) >= 11 is 1.15. The van der Waals surface area contributed by atoms with Gasteiger partial charge in [-0.1, -0.05) is 12.5 Å².